The van der Waals surface area contributed by atoms with Gasteiger partial charge in [0, 0.05) is 19.1 Å². The maximum absolute atomic E-state index is 12.7. The summed E-state index contributed by atoms with van der Waals surface area (Å²) in [6.07, 6.45) is 3.44. The van der Waals surface area contributed by atoms with Gasteiger partial charge in [0.05, 0.1) is 5.94 Å². The molecule has 2 atom stereocenters. The maximum atomic E-state index is 12.7. The lowest BCUT2D eigenvalue weighted by molar-refractivity contribution is -0.127. The highest BCUT2D eigenvalue weighted by Gasteiger charge is 2.31. The van der Waals surface area contributed by atoms with Crippen molar-refractivity contribution >= 4 is 19.1 Å². The summed E-state index contributed by atoms with van der Waals surface area (Å²) in [4.78, 5) is 26.6. The minimum absolute atomic E-state index is 0.0833. The van der Waals surface area contributed by atoms with Gasteiger partial charge in [-0.3, -0.25) is 4.79 Å². The second-order valence-electron chi connectivity index (χ2n) is 7.79. The van der Waals surface area contributed by atoms with Crippen LogP contribution in [0.15, 0.2) is 42.0 Å². The van der Waals surface area contributed by atoms with E-state index in [4.69, 9.17) is 0 Å². The van der Waals surface area contributed by atoms with E-state index in [1.807, 2.05) is 50.2 Å². The number of allylic oxidation sites excluding steroid dienone is 1. The zero-order valence-corrected chi connectivity index (χ0v) is 17.4. The van der Waals surface area contributed by atoms with Crippen LogP contribution < -0.4 is 10.6 Å². The van der Waals surface area contributed by atoms with Gasteiger partial charge in [0.1, 0.15) is 11.6 Å². The molecule has 0 spiro atoms. The summed E-state index contributed by atoms with van der Waals surface area (Å²) in [5, 5.41) is 33.8. The minimum Gasteiger partial charge on any atom is -0.426 e. The van der Waals surface area contributed by atoms with Crippen LogP contribution >= 0.6 is 0 Å². The maximum Gasteiger partial charge on any atom is 0.475 e. The van der Waals surface area contributed by atoms with Crippen molar-refractivity contribution in [1.82, 2.24) is 15.5 Å². The zero-order chi connectivity index (χ0) is 22.1. The van der Waals surface area contributed by atoms with Crippen LogP contribution in [-0.2, 0) is 11.2 Å². The monoisotopic (exact) mass is 412 g/mol. The van der Waals surface area contributed by atoms with Gasteiger partial charge in [-0.1, -0.05) is 50.3 Å². The Kier molecular flexibility index (Phi) is 8.90. The SMILES string of the molecule is CC(C)C=C(C#N)C(=O)N1CCC[C@@H]1CNC(=O)N[C@@H](Cc1ccccc1)B(O)O. The quantitative estimate of drug-likeness (QED) is 0.288. The average molecular weight is 412 g/mol. The Bertz CT molecular complexity index is 792. The fourth-order valence-electron chi connectivity index (χ4n) is 3.49. The third-order valence-electron chi connectivity index (χ3n) is 4.96. The van der Waals surface area contributed by atoms with Crippen LogP contribution in [0.25, 0.3) is 0 Å². The van der Waals surface area contributed by atoms with E-state index in [1.165, 1.54) is 0 Å². The molecule has 30 heavy (non-hydrogen) atoms. The molecule has 160 valence electrons. The van der Waals surface area contributed by atoms with Gasteiger partial charge in [0.15, 0.2) is 0 Å². The first kappa shape index (κ1) is 23.5. The highest BCUT2D eigenvalue weighted by molar-refractivity contribution is 6.43. The number of rotatable bonds is 8. The molecule has 0 bridgehead atoms. The fraction of sp³-hybridized carbons (Fsp3) is 0.476. The molecule has 3 amide bonds. The molecule has 0 radical (unpaired) electrons. The molecular formula is C21H29BN4O4. The predicted octanol–water partition coefficient (Wildman–Crippen LogP) is 1.01. The smallest absolute Gasteiger partial charge is 0.426 e. The predicted molar refractivity (Wildman–Crippen MR) is 114 cm³/mol. The molecular weight excluding hydrogens is 383 g/mol. The minimum atomic E-state index is -1.71. The van der Waals surface area contributed by atoms with Gasteiger partial charge < -0.3 is 25.6 Å². The van der Waals surface area contributed by atoms with E-state index >= 15 is 0 Å². The van der Waals surface area contributed by atoms with E-state index in [0.29, 0.717) is 6.54 Å². The third kappa shape index (κ3) is 6.90. The lowest BCUT2D eigenvalue weighted by atomic mass is 9.76. The van der Waals surface area contributed by atoms with Gasteiger partial charge in [0.2, 0.25) is 0 Å². The van der Waals surface area contributed by atoms with Crippen molar-refractivity contribution in [3.05, 3.63) is 47.5 Å². The second-order valence-corrected chi connectivity index (χ2v) is 7.79. The Morgan fingerprint density at radius 2 is 2.03 bits per heavy atom. The van der Waals surface area contributed by atoms with Crippen molar-refractivity contribution in [3.8, 4) is 6.07 Å². The van der Waals surface area contributed by atoms with E-state index in [1.54, 1.807) is 11.0 Å². The molecule has 1 heterocycles. The zero-order valence-electron chi connectivity index (χ0n) is 17.4. The van der Waals surface area contributed by atoms with Gasteiger partial charge in [0.25, 0.3) is 5.91 Å². The largest absolute Gasteiger partial charge is 0.475 e. The topological polar surface area (TPSA) is 126 Å². The number of nitrogens with one attached hydrogen (secondary N) is 2. The number of carbonyl (C=O) groups is 2. The number of benzene rings is 1. The number of hydrogen-bond acceptors (Lipinski definition) is 5. The highest BCUT2D eigenvalue weighted by atomic mass is 16.4. The van der Waals surface area contributed by atoms with Gasteiger partial charge in [-0.15, -0.1) is 0 Å². The third-order valence-corrected chi connectivity index (χ3v) is 4.96. The van der Waals surface area contributed by atoms with Crippen molar-refractivity contribution in [3.63, 3.8) is 0 Å². The van der Waals surface area contributed by atoms with Gasteiger partial charge in [-0.25, -0.2) is 4.79 Å². The van der Waals surface area contributed by atoms with E-state index in [2.05, 4.69) is 10.6 Å². The van der Waals surface area contributed by atoms with Crippen LogP contribution in [0.5, 0.6) is 0 Å². The number of amides is 3. The van der Waals surface area contributed by atoms with E-state index in [9.17, 15) is 24.9 Å². The molecule has 2 rings (SSSR count). The summed E-state index contributed by atoms with van der Waals surface area (Å²) in [5.41, 5.74) is 0.983. The standard InChI is InChI=1S/C21H29BN4O4/c1-15(2)11-17(13-23)20(27)26-10-6-9-18(26)14-24-21(28)25-19(22(29)30)12-16-7-4-3-5-8-16/h3-5,7-8,11,15,18-19,29-30H,6,9-10,12,14H2,1-2H3,(H2,24,25,28)/t18-,19+/m1/s1. The first-order chi connectivity index (χ1) is 14.3. The summed E-state index contributed by atoms with van der Waals surface area (Å²) in [6.45, 7) is 4.56. The molecule has 1 aromatic carbocycles. The first-order valence-electron chi connectivity index (χ1n) is 10.2. The van der Waals surface area contributed by atoms with Gasteiger partial charge >= 0.3 is 13.1 Å². The molecule has 0 aliphatic carbocycles. The summed E-state index contributed by atoms with van der Waals surface area (Å²) < 4.78 is 0. The van der Waals surface area contributed by atoms with Crippen molar-refractivity contribution in [2.45, 2.75) is 45.1 Å². The summed E-state index contributed by atoms with van der Waals surface area (Å²) >= 11 is 0. The Morgan fingerprint density at radius 1 is 1.33 bits per heavy atom. The molecule has 1 aliphatic rings. The molecule has 0 saturated carbocycles. The molecule has 1 fully saturated rings. The number of nitrogens with zero attached hydrogens (tertiary/aromatic N) is 2. The van der Waals surface area contributed by atoms with E-state index in [-0.39, 0.29) is 36.4 Å². The van der Waals surface area contributed by atoms with Crippen molar-refractivity contribution < 1.29 is 19.6 Å². The van der Waals surface area contributed by atoms with Crippen LogP contribution in [0.3, 0.4) is 0 Å². The molecule has 1 aromatic rings. The Morgan fingerprint density at radius 3 is 2.63 bits per heavy atom. The van der Waals surface area contributed by atoms with Crippen molar-refractivity contribution in [2.24, 2.45) is 5.92 Å². The van der Waals surface area contributed by atoms with Gasteiger partial charge in [-0.2, -0.15) is 5.26 Å². The number of carbonyl (C=O) groups excluding carboxylic acids is 2. The Labute approximate surface area is 177 Å². The lowest BCUT2D eigenvalue weighted by Gasteiger charge is -2.25. The van der Waals surface area contributed by atoms with E-state index < -0.39 is 19.1 Å². The molecule has 8 nitrogen and oxygen atoms in total. The Hall–Kier alpha value is -2.83. The van der Waals surface area contributed by atoms with Crippen molar-refractivity contribution in [2.75, 3.05) is 13.1 Å². The molecule has 1 saturated heterocycles. The Balaban J connectivity index is 1.92. The second kappa shape index (κ2) is 11.4. The highest BCUT2D eigenvalue weighted by Crippen LogP contribution is 2.19. The van der Waals surface area contributed by atoms with Crippen LogP contribution in [0.2, 0.25) is 0 Å². The normalized spacial score (nSPS) is 17.4. The van der Waals surface area contributed by atoms with Gasteiger partial charge in [-0.05, 0) is 30.7 Å². The lowest BCUT2D eigenvalue weighted by Crippen LogP contribution is -2.53. The fourth-order valence-corrected chi connectivity index (χ4v) is 3.49. The number of hydrogen-bond donors (Lipinski definition) is 4. The molecule has 0 unspecified atom stereocenters. The summed E-state index contributed by atoms with van der Waals surface area (Å²) in [5.74, 6) is -1.10. The van der Waals surface area contributed by atoms with Crippen LogP contribution in [0.1, 0.15) is 32.3 Å². The first-order valence-corrected chi connectivity index (χ1v) is 10.2. The van der Waals surface area contributed by atoms with E-state index in [0.717, 1.165) is 18.4 Å². The summed E-state index contributed by atoms with van der Waals surface area (Å²) in [7, 11) is -1.71. The van der Waals surface area contributed by atoms with Crippen LogP contribution in [-0.4, -0.2) is 59.1 Å². The molecule has 4 N–H and O–H groups in total. The van der Waals surface area contributed by atoms with Crippen LogP contribution in [0, 0.1) is 17.2 Å². The number of nitriles is 1. The van der Waals surface area contributed by atoms with Crippen molar-refractivity contribution in [1.29, 1.82) is 5.26 Å². The van der Waals surface area contributed by atoms with Crippen LogP contribution in [0.4, 0.5) is 4.79 Å². The molecule has 1 aliphatic heterocycles. The number of urea groups is 1. The summed E-state index contributed by atoms with van der Waals surface area (Å²) in [6, 6.07) is 10.4. The molecule has 9 heteroatoms. The number of likely N-dealkylation sites (tertiary alicyclic amines) is 1. The molecule has 0 aromatic heterocycles. The average Bonchev–Trinajstić information content (AvgIpc) is 3.18.